The van der Waals surface area contributed by atoms with Crippen molar-refractivity contribution >= 4 is 28.2 Å². The summed E-state index contributed by atoms with van der Waals surface area (Å²) in [5.74, 6) is 1.09. The molecule has 2 aliphatic rings. The van der Waals surface area contributed by atoms with E-state index in [1.807, 2.05) is 36.1 Å². The van der Waals surface area contributed by atoms with Crippen molar-refractivity contribution in [1.82, 2.24) is 14.9 Å². The molecule has 9 nitrogen and oxygen atoms in total. The molecule has 0 radical (unpaired) electrons. The summed E-state index contributed by atoms with van der Waals surface area (Å²) in [5, 5.41) is 16.7. The number of ether oxygens (including phenoxy) is 1. The van der Waals surface area contributed by atoms with Crippen LogP contribution in [0.25, 0.3) is 16.1 Å². The normalized spacial score (nSPS) is 16.0. The van der Waals surface area contributed by atoms with Gasteiger partial charge in [0.2, 0.25) is 5.91 Å². The minimum atomic E-state index is -0.146. The average molecular weight is 740 g/mol. The van der Waals surface area contributed by atoms with Crippen LogP contribution in [0, 0.1) is 31.1 Å². The van der Waals surface area contributed by atoms with Gasteiger partial charge in [-0.25, -0.2) is 0 Å². The number of likely N-dealkylation sites (N-methyl/N-ethyl adjacent to an activating group) is 1. The van der Waals surface area contributed by atoms with Crippen LogP contribution >= 0.6 is 0 Å². The van der Waals surface area contributed by atoms with E-state index in [0.29, 0.717) is 45.3 Å². The van der Waals surface area contributed by atoms with E-state index in [1.165, 1.54) is 6.08 Å². The van der Waals surface area contributed by atoms with Crippen molar-refractivity contribution in [3.63, 3.8) is 0 Å². The largest absolute Gasteiger partial charge is 0.662 e. The van der Waals surface area contributed by atoms with Gasteiger partial charge in [0.25, 0.3) is 0 Å². The Hall–Kier alpha value is -2.80. The summed E-state index contributed by atoms with van der Waals surface area (Å²) in [6.07, 6.45) is 1.99. The first-order chi connectivity index (χ1) is 18.0. The number of rotatable bonds is 7. The Labute approximate surface area is 247 Å². The zero-order chi connectivity index (χ0) is 25.9. The molecule has 3 heterocycles. The number of nitrogens with zero attached hydrogens (tertiary/aromatic N) is 6. The van der Waals surface area contributed by atoms with Crippen molar-refractivity contribution in [2.45, 2.75) is 26.0 Å². The van der Waals surface area contributed by atoms with Crippen molar-refractivity contribution in [3.05, 3.63) is 65.6 Å². The molecule has 0 bridgehead atoms. The quantitative estimate of drug-likeness (QED) is 0.371. The summed E-state index contributed by atoms with van der Waals surface area (Å²) < 4.78 is 6.08. The van der Waals surface area contributed by atoms with E-state index >= 15 is 0 Å². The molecule has 0 spiro atoms. The Balaban J connectivity index is 0.00000336. The molecule has 1 unspecified atom stereocenters. The van der Waals surface area contributed by atoms with Crippen molar-refractivity contribution in [3.8, 4) is 11.8 Å². The Kier molecular flexibility index (Phi) is 9.19. The maximum absolute atomic E-state index is 12.1. The maximum atomic E-state index is 12.1. The van der Waals surface area contributed by atoms with Crippen LogP contribution in [-0.4, -0.2) is 78.3 Å². The number of phenols is 1. The standard InChI is InChI=1S/C28H33N6O3.U/c1-4-26(36)32-11-13-33(14-12-32)27-23-9-10-34(18-24(23)30-28(31-27)37-19(2)17-29-3)25-16-21(35)15-20-7-5-6-8-22(20)25;/h4-8,15-16,19,35H,1,9-14,17-18H2,2-3H3;/q-1;. The van der Waals surface area contributed by atoms with E-state index in [9.17, 15) is 9.90 Å². The van der Waals surface area contributed by atoms with E-state index in [0.717, 1.165) is 46.5 Å². The molecule has 2 aromatic carbocycles. The van der Waals surface area contributed by atoms with Crippen molar-refractivity contribution in [2.24, 2.45) is 0 Å². The number of hydrogen-bond donors (Lipinski definition) is 1. The molecule has 3 aromatic rings. The van der Waals surface area contributed by atoms with E-state index < -0.39 is 0 Å². The number of aromatic nitrogens is 2. The predicted octanol–water partition coefficient (Wildman–Crippen LogP) is 3.50. The van der Waals surface area contributed by atoms with Gasteiger partial charge in [-0.05, 0) is 30.9 Å². The first-order valence-electron chi connectivity index (χ1n) is 12.7. The maximum Gasteiger partial charge on any atom is 0.318 e. The van der Waals surface area contributed by atoms with Crippen LogP contribution in [0.5, 0.6) is 11.8 Å². The van der Waals surface area contributed by atoms with Crippen molar-refractivity contribution in [1.29, 1.82) is 0 Å². The Bertz CT molecular complexity index is 1310. The van der Waals surface area contributed by atoms with Crippen LogP contribution in [0.15, 0.2) is 49.1 Å². The fraction of sp³-hybridized carbons (Fsp3) is 0.393. The van der Waals surface area contributed by atoms with Gasteiger partial charge in [0.05, 0.1) is 18.3 Å². The third-order valence-corrected chi connectivity index (χ3v) is 7.00. The molecule has 0 aliphatic carbocycles. The van der Waals surface area contributed by atoms with Crippen LogP contribution in [0.2, 0.25) is 0 Å². The average Bonchev–Trinajstić information content (AvgIpc) is 2.91. The number of amides is 1. The monoisotopic (exact) mass is 739 g/mol. The molecule has 2 aliphatic heterocycles. The second-order valence-electron chi connectivity index (χ2n) is 9.56. The fourth-order valence-corrected chi connectivity index (χ4v) is 5.19. The number of hydrogen-bond acceptors (Lipinski definition) is 7. The van der Waals surface area contributed by atoms with Gasteiger partial charge in [0, 0.05) is 86.5 Å². The molecule has 1 saturated heterocycles. The van der Waals surface area contributed by atoms with Crippen molar-refractivity contribution < 1.29 is 45.8 Å². The summed E-state index contributed by atoms with van der Waals surface area (Å²) in [6.45, 7) is 10.1. The second kappa shape index (κ2) is 12.4. The topological polar surface area (TPSA) is 96.1 Å². The fourth-order valence-electron chi connectivity index (χ4n) is 5.19. The molecule has 1 fully saturated rings. The molecule has 5 rings (SSSR count). The molecule has 1 atom stereocenters. The number of aromatic hydroxyl groups is 1. The number of anilines is 2. The number of fused-ring (bicyclic) bond motifs is 2. The number of phenolic OH excluding ortho intramolecular Hbond substituents is 1. The second-order valence-corrected chi connectivity index (χ2v) is 9.56. The van der Waals surface area contributed by atoms with Crippen LogP contribution in [0.4, 0.5) is 11.5 Å². The third-order valence-electron chi connectivity index (χ3n) is 7.00. The van der Waals surface area contributed by atoms with Gasteiger partial charge in [0.15, 0.2) is 0 Å². The zero-order valence-electron chi connectivity index (χ0n) is 21.9. The molecule has 38 heavy (non-hydrogen) atoms. The SMILES string of the molecule is C=CC(=O)N1CCN(c2nc(OC(C)C[N-]C)nc3c2CCN(c2cc(O)cc4ccccc24)C3)CC1.[U]. The summed E-state index contributed by atoms with van der Waals surface area (Å²) >= 11 is 0. The molecule has 1 N–H and O–H groups in total. The number of piperazine rings is 1. The van der Waals surface area contributed by atoms with Gasteiger partial charge in [-0.2, -0.15) is 17.0 Å². The van der Waals surface area contributed by atoms with E-state index in [1.54, 1.807) is 13.1 Å². The summed E-state index contributed by atoms with van der Waals surface area (Å²) in [4.78, 5) is 28.1. The predicted molar refractivity (Wildman–Crippen MR) is 146 cm³/mol. The van der Waals surface area contributed by atoms with E-state index in [-0.39, 0.29) is 48.9 Å². The first-order valence-corrected chi connectivity index (χ1v) is 12.7. The Morgan fingerprint density at radius 3 is 2.66 bits per heavy atom. The summed E-state index contributed by atoms with van der Waals surface area (Å²) in [7, 11) is 1.76. The van der Waals surface area contributed by atoms with E-state index in [4.69, 9.17) is 14.7 Å². The minimum Gasteiger partial charge on any atom is -0.662 e. The minimum absolute atomic E-state index is 0. The number of carbonyl (C=O) groups excluding carboxylic acids is 1. The number of benzene rings is 2. The third kappa shape index (κ3) is 5.93. The van der Waals surface area contributed by atoms with Crippen LogP contribution < -0.4 is 14.5 Å². The molecule has 1 aromatic heterocycles. The van der Waals surface area contributed by atoms with Gasteiger partial charge in [-0.15, -0.1) is 6.54 Å². The van der Waals surface area contributed by atoms with Gasteiger partial charge in [-0.1, -0.05) is 30.8 Å². The molecule has 1 amide bonds. The van der Waals surface area contributed by atoms with Gasteiger partial charge < -0.3 is 29.9 Å². The summed E-state index contributed by atoms with van der Waals surface area (Å²) in [5.41, 5.74) is 3.02. The molecule has 198 valence electrons. The molecule has 10 heteroatoms. The number of carbonyl (C=O) groups is 1. The molecular formula is C28H33N6O3U-. The first kappa shape index (κ1) is 28.2. The zero-order valence-corrected chi connectivity index (χ0v) is 26.1. The van der Waals surface area contributed by atoms with Crippen LogP contribution in [0.3, 0.4) is 0 Å². The van der Waals surface area contributed by atoms with Crippen LogP contribution in [-0.2, 0) is 17.8 Å². The molecule has 0 saturated carbocycles. The van der Waals surface area contributed by atoms with E-state index in [2.05, 4.69) is 27.8 Å². The molecular weight excluding hydrogens is 706 g/mol. The van der Waals surface area contributed by atoms with Gasteiger partial charge in [-0.3, -0.25) is 4.79 Å². The van der Waals surface area contributed by atoms with Crippen LogP contribution in [0.1, 0.15) is 18.2 Å². The Morgan fingerprint density at radius 1 is 1.16 bits per heavy atom. The smallest absolute Gasteiger partial charge is 0.318 e. The Morgan fingerprint density at radius 2 is 1.92 bits per heavy atom. The van der Waals surface area contributed by atoms with Gasteiger partial charge >= 0.3 is 6.01 Å². The van der Waals surface area contributed by atoms with Crippen molar-refractivity contribution in [2.75, 3.05) is 56.1 Å². The van der Waals surface area contributed by atoms with Gasteiger partial charge in [0.1, 0.15) is 11.6 Å². The summed E-state index contributed by atoms with van der Waals surface area (Å²) in [6, 6.07) is 12.1.